The second-order valence-electron chi connectivity index (χ2n) is 7.07. The first-order chi connectivity index (χ1) is 13.6. The van der Waals surface area contributed by atoms with Crippen molar-refractivity contribution in [2.45, 2.75) is 32.4 Å². The molecule has 0 saturated carbocycles. The average Bonchev–Trinajstić information content (AvgIpc) is 3.13. The van der Waals surface area contributed by atoms with Gasteiger partial charge in [0, 0.05) is 39.3 Å². The summed E-state index contributed by atoms with van der Waals surface area (Å²) in [6, 6.07) is 11.8. The maximum Gasteiger partial charge on any atom is 0.230 e. The number of aryl methyl sites for hydroxylation is 1. The predicted octanol–water partition coefficient (Wildman–Crippen LogP) is 2.08. The number of pyridine rings is 1. The first-order valence-corrected chi connectivity index (χ1v) is 9.50. The smallest absolute Gasteiger partial charge is 0.230 e. The number of carbonyl (C=O) groups excluding carboxylic acids is 2. The molecule has 0 bridgehead atoms. The molecule has 2 aromatic heterocycles. The standard InChI is InChI=1S/C21H23N5O2/c1-15(27)26-12-16-6-4-9-22-20(16)17(13-26)21(28)23-10-5-11-25-14-24-18-7-2-3-8-19(18)25/h2-4,6-9,14,17H,5,10-13H2,1H3,(H,23,28). The number of hydrogen-bond acceptors (Lipinski definition) is 4. The van der Waals surface area contributed by atoms with E-state index in [0.717, 1.165) is 35.3 Å². The number of amides is 2. The van der Waals surface area contributed by atoms with Crippen molar-refractivity contribution in [3.8, 4) is 0 Å². The van der Waals surface area contributed by atoms with Gasteiger partial charge in [-0.25, -0.2) is 4.98 Å². The third kappa shape index (κ3) is 3.60. The zero-order chi connectivity index (χ0) is 19.5. The molecule has 1 atom stereocenters. The van der Waals surface area contributed by atoms with Crippen LogP contribution >= 0.6 is 0 Å². The van der Waals surface area contributed by atoms with Gasteiger partial charge in [0.15, 0.2) is 0 Å². The first kappa shape index (κ1) is 18.2. The summed E-state index contributed by atoms with van der Waals surface area (Å²) in [5.74, 6) is -0.538. The third-order valence-electron chi connectivity index (χ3n) is 5.18. The minimum Gasteiger partial charge on any atom is -0.355 e. The Morgan fingerprint density at radius 3 is 2.89 bits per heavy atom. The lowest BCUT2D eigenvalue weighted by Gasteiger charge is -2.32. The second-order valence-corrected chi connectivity index (χ2v) is 7.07. The molecule has 0 spiro atoms. The van der Waals surface area contributed by atoms with E-state index in [2.05, 4.69) is 19.9 Å². The van der Waals surface area contributed by atoms with E-state index in [1.165, 1.54) is 6.92 Å². The van der Waals surface area contributed by atoms with Crippen LogP contribution in [0.3, 0.4) is 0 Å². The van der Waals surface area contributed by atoms with Crippen molar-refractivity contribution < 1.29 is 9.59 Å². The summed E-state index contributed by atoms with van der Waals surface area (Å²) in [7, 11) is 0. The molecule has 4 rings (SSSR count). The summed E-state index contributed by atoms with van der Waals surface area (Å²) in [6.07, 6.45) is 4.33. The molecule has 1 unspecified atom stereocenters. The normalized spacial score (nSPS) is 16.0. The highest BCUT2D eigenvalue weighted by Crippen LogP contribution is 2.26. The van der Waals surface area contributed by atoms with Crippen LogP contribution < -0.4 is 5.32 Å². The zero-order valence-electron chi connectivity index (χ0n) is 15.8. The van der Waals surface area contributed by atoms with Crippen LogP contribution in [-0.2, 0) is 22.7 Å². The van der Waals surface area contributed by atoms with Crippen molar-refractivity contribution in [2.75, 3.05) is 13.1 Å². The Bertz CT molecular complexity index is 1010. The number of aromatic nitrogens is 3. The van der Waals surface area contributed by atoms with E-state index in [1.54, 1.807) is 11.1 Å². The molecule has 7 heteroatoms. The van der Waals surface area contributed by atoms with E-state index in [0.29, 0.717) is 19.6 Å². The molecule has 0 saturated heterocycles. The fraction of sp³-hybridized carbons (Fsp3) is 0.333. The molecule has 1 aliphatic rings. The number of imidazole rings is 1. The van der Waals surface area contributed by atoms with Crippen LogP contribution in [0.4, 0.5) is 0 Å². The van der Waals surface area contributed by atoms with Gasteiger partial charge >= 0.3 is 0 Å². The number of carbonyl (C=O) groups is 2. The highest BCUT2D eigenvalue weighted by atomic mass is 16.2. The number of hydrogen-bond donors (Lipinski definition) is 1. The van der Waals surface area contributed by atoms with Crippen LogP contribution in [-0.4, -0.2) is 44.3 Å². The molecule has 7 nitrogen and oxygen atoms in total. The first-order valence-electron chi connectivity index (χ1n) is 9.50. The fourth-order valence-electron chi connectivity index (χ4n) is 3.69. The van der Waals surface area contributed by atoms with Gasteiger partial charge in [-0.15, -0.1) is 0 Å². The van der Waals surface area contributed by atoms with E-state index < -0.39 is 5.92 Å². The van der Waals surface area contributed by atoms with Crippen molar-refractivity contribution in [1.82, 2.24) is 24.8 Å². The molecule has 0 fully saturated rings. The molecular weight excluding hydrogens is 354 g/mol. The number of rotatable bonds is 5. The minimum atomic E-state index is -0.428. The Kier molecular flexibility index (Phi) is 5.06. The number of para-hydroxylation sites is 2. The Labute approximate surface area is 163 Å². The molecule has 1 aromatic carbocycles. The van der Waals surface area contributed by atoms with Crippen molar-refractivity contribution in [2.24, 2.45) is 0 Å². The molecule has 1 N–H and O–H groups in total. The largest absolute Gasteiger partial charge is 0.355 e. The van der Waals surface area contributed by atoms with Crippen molar-refractivity contribution in [3.05, 3.63) is 60.2 Å². The highest BCUT2D eigenvalue weighted by molar-refractivity contribution is 5.85. The van der Waals surface area contributed by atoms with Crippen molar-refractivity contribution in [1.29, 1.82) is 0 Å². The fourth-order valence-corrected chi connectivity index (χ4v) is 3.69. The van der Waals surface area contributed by atoms with Gasteiger partial charge in [0.25, 0.3) is 0 Å². The molecule has 0 aliphatic carbocycles. The summed E-state index contributed by atoms with van der Waals surface area (Å²) >= 11 is 0. The molecule has 2 amide bonds. The number of nitrogens with one attached hydrogen (secondary N) is 1. The van der Waals surface area contributed by atoms with Gasteiger partial charge in [-0.05, 0) is 30.2 Å². The molecule has 3 aromatic rings. The van der Waals surface area contributed by atoms with E-state index in [9.17, 15) is 9.59 Å². The van der Waals surface area contributed by atoms with Gasteiger partial charge in [0.1, 0.15) is 0 Å². The Morgan fingerprint density at radius 2 is 2.04 bits per heavy atom. The lowest BCUT2D eigenvalue weighted by Crippen LogP contribution is -2.43. The zero-order valence-corrected chi connectivity index (χ0v) is 15.8. The van der Waals surface area contributed by atoms with E-state index in [-0.39, 0.29) is 11.8 Å². The van der Waals surface area contributed by atoms with Crippen LogP contribution in [0.25, 0.3) is 11.0 Å². The molecular formula is C21H23N5O2. The Morgan fingerprint density at radius 1 is 1.18 bits per heavy atom. The monoisotopic (exact) mass is 377 g/mol. The van der Waals surface area contributed by atoms with Crippen molar-refractivity contribution >= 4 is 22.8 Å². The van der Waals surface area contributed by atoms with Crippen LogP contribution in [0.5, 0.6) is 0 Å². The van der Waals surface area contributed by atoms with E-state index in [4.69, 9.17) is 0 Å². The molecule has 144 valence electrons. The molecule has 1 aliphatic heterocycles. The summed E-state index contributed by atoms with van der Waals surface area (Å²) in [5, 5.41) is 3.01. The minimum absolute atomic E-state index is 0.0284. The van der Waals surface area contributed by atoms with Crippen LogP contribution in [0.1, 0.15) is 30.5 Å². The lowest BCUT2D eigenvalue weighted by atomic mass is 9.94. The molecule has 0 radical (unpaired) electrons. The number of fused-ring (bicyclic) bond motifs is 2. The maximum atomic E-state index is 12.8. The van der Waals surface area contributed by atoms with Gasteiger partial charge in [-0.2, -0.15) is 0 Å². The quantitative estimate of drug-likeness (QED) is 0.691. The van der Waals surface area contributed by atoms with Gasteiger partial charge < -0.3 is 14.8 Å². The molecule has 28 heavy (non-hydrogen) atoms. The third-order valence-corrected chi connectivity index (χ3v) is 5.18. The highest BCUT2D eigenvalue weighted by Gasteiger charge is 2.32. The van der Waals surface area contributed by atoms with Crippen LogP contribution in [0, 0.1) is 0 Å². The summed E-state index contributed by atoms with van der Waals surface area (Å²) in [6.45, 7) is 3.75. The SMILES string of the molecule is CC(=O)N1Cc2cccnc2C(C(=O)NCCCn2cnc3ccccc32)C1. The van der Waals surface area contributed by atoms with Gasteiger partial charge in [0.05, 0.1) is 29.0 Å². The van der Waals surface area contributed by atoms with Gasteiger partial charge in [0.2, 0.25) is 11.8 Å². The maximum absolute atomic E-state index is 12.8. The second kappa shape index (κ2) is 7.80. The van der Waals surface area contributed by atoms with E-state index in [1.807, 2.05) is 42.7 Å². The predicted molar refractivity (Wildman–Crippen MR) is 105 cm³/mol. The average molecular weight is 377 g/mol. The topological polar surface area (TPSA) is 80.1 Å². The number of nitrogens with zero attached hydrogens (tertiary/aromatic N) is 4. The van der Waals surface area contributed by atoms with Crippen molar-refractivity contribution in [3.63, 3.8) is 0 Å². The number of benzene rings is 1. The van der Waals surface area contributed by atoms with E-state index >= 15 is 0 Å². The van der Waals surface area contributed by atoms with Crippen LogP contribution in [0.2, 0.25) is 0 Å². The summed E-state index contributed by atoms with van der Waals surface area (Å²) in [4.78, 5) is 35.1. The Hall–Kier alpha value is -3.22. The lowest BCUT2D eigenvalue weighted by molar-refractivity contribution is -0.131. The summed E-state index contributed by atoms with van der Waals surface area (Å²) in [5.41, 5.74) is 3.78. The Balaban J connectivity index is 1.37. The van der Waals surface area contributed by atoms with Crippen LogP contribution in [0.15, 0.2) is 48.9 Å². The van der Waals surface area contributed by atoms with Gasteiger partial charge in [-0.1, -0.05) is 18.2 Å². The molecule has 3 heterocycles. The summed E-state index contributed by atoms with van der Waals surface area (Å²) < 4.78 is 2.09. The van der Waals surface area contributed by atoms with Gasteiger partial charge in [-0.3, -0.25) is 14.6 Å².